The number of nitrogens with one attached hydrogen (secondary N) is 1. The van der Waals surface area contributed by atoms with Gasteiger partial charge in [-0.1, -0.05) is 0 Å². The van der Waals surface area contributed by atoms with Gasteiger partial charge in [-0.25, -0.2) is 0 Å². The maximum Gasteiger partial charge on any atom is 0.401 e. The Kier molecular flexibility index (Phi) is 6.09. The molecule has 0 unspecified atom stereocenters. The molecule has 0 atom stereocenters. The van der Waals surface area contributed by atoms with E-state index in [1.54, 1.807) is 0 Å². The minimum Gasteiger partial charge on any atom is -0.307 e. The van der Waals surface area contributed by atoms with Gasteiger partial charge in [-0.15, -0.1) is 0 Å². The molecule has 0 rings (SSSR count). The van der Waals surface area contributed by atoms with Crippen LogP contribution in [0.5, 0.6) is 0 Å². The molecule has 0 amide bonds. The third-order valence-electron chi connectivity index (χ3n) is 1.77. The van der Waals surface area contributed by atoms with Crippen molar-refractivity contribution < 1.29 is 26.3 Å². The lowest BCUT2D eigenvalue weighted by Gasteiger charge is -2.18. The summed E-state index contributed by atoms with van der Waals surface area (Å²) >= 11 is 0. The van der Waals surface area contributed by atoms with Crippen molar-refractivity contribution in [1.82, 2.24) is 10.2 Å². The van der Waals surface area contributed by atoms with Crippen LogP contribution in [0.2, 0.25) is 0 Å². The van der Waals surface area contributed by atoms with Crippen LogP contribution in [-0.4, -0.2) is 50.5 Å². The molecule has 0 fully saturated rings. The summed E-state index contributed by atoms with van der Waals surface area (Å²) in [5.41, 5.74) is 0. The van der Waals surface area contributed by atoms with Gasteiger partial charge >= 0.3 is 12.4 Å². The number of hydrogen-bond acceptors (Lipinski definition) is 2. The van der Waals surface area contributed by atoms with Crippen LogP contribution in [-0.2, 0) is 0 Å². The first-order chi connectivity index (χ1) is 7.10. The lowest BCUT2D eigenvalue weighted by Crippen LogP contribution is -2.36. The minimum absolute atomic E-state index is 0.00780. The number of halogens is 6. The predicted molar refractivity (Wildman–Crippen MR) is 47.1 cm³/mol. The molecule has 0 aliphatic heterocycles. The molecule has 0 radical (unpaired) electrons. The van der Waals surface area contributed by atoms with Gasteiger partial charge in [-0.3, -0.25) is 0 Å². The Bertz CT molecular complexity index is 188. The van der Waals surface area contributed by atoms with Gasteiger partial charge in [0.2, 0.25) is 0 Å². The van der Waals surface area contributed by atoms with Crippen molar-refractivity contribution in [3.63, 3.8) is 0 Å². The Morgan fingerprint density at radius 1 is 0.938 bits per heavy atom. The maximum atomic E-state index is 11.8. The summed E-state index contributed by atoms with van der Waals surface area (Å²) in [4.78, 5) is 1.33. The molecule has 1 N–H and O–H groups in total. The smallest absolute Gasteiger partial charge is 0.307 e. The van der Waals surface area contributed by atoms with Crippen LogP contribution in [0.4, 0.5) is 26.3 Å². The van der Waals surface area contributed by atoms with Crippen molar-refractivity contribution >= 4 is 0 Å². The molecule has 0 heterocycles. The first-order valence-corrected chi connectivity index (χ1v) is 4.63. The fourth-order valence-corrected chi connectivity index (χ4v) is 0.929. The topological polar surface area (TPSA) is 15.3 Å². The molecule has 0 aliphatic rings. The molecule has 2 nitrogen and oxygen atoms in total. The van der Waals surface area contributed by atoms with Crippen molar-refractivity contribution in [3.05, 3.63) is 0 Å². The normalized spacial score (nSPS) is 13.5. The Hall–Kier alpha value is -0.500. The van der Waals surface area contributed by atoms with E-state index in [1.807, 2.05) is 0 Å². The Balaban J connectivity index is 3.48. The van der Waals surface area contributed by atoms with Crippen molar-refractivity contribution in [2.24, 2.45) is 0 Å². The van der Waals surface area contributed by atoms with E-state index in [1.165, 1.54) is 11.9 Å². The largest absolute Gasteiger partial charge is 0.401 e. The number of likely N-dealkylation sites (N-methyl/N-ethyl adjacent to an activating group) is 1. The molecule has 16 heavy (non-hydrogen) atoms. The third kappa shape index (κ3) is 11.6. The SMILES string of the molecule is CN(CCNCC(F)(F)F)CCC(F)(F)F. The maximum absolute atomic E-state index is 11.8. The highest BCUT2D eigenvalue weighted by molar-refractivity contribution is 4.61. The van der Waals surface area contributed by atoms with Crippen LogP contribution >= 0.6 is 0 Å². The lowest BCUT2D eigenvalue weighted by molar-refractivity contribution is -0.137. The van der Waals surface area contributed by atoms with E-state index in [2.05, 4.69) is 5.32 Å². The zero-order chi connectivity index (χ0) is 12.8. The average Bonchev–Trinajstić information content (AvgIpc) is 2.06. The Morgan fingerprint density at radius 2 is 1.50 bits per heavy atom. The minimum atomic E-state index is -4.29. The van der Waals surface area contributed by atoms with Gasteiger partial charge < -0.3 is 10.2 Å². The van der Waals surface area contributed by atoms with E-state index in [0.717, 1.165) is 0 Å². The molecule has 0 aromatic rings. The monoisotopic (exact) mass is 252 g/mol. The summed E-state index contributed by atoms with van der Waals surface area (Å²) in [5, 5.41) is 2.11. The molecule has 0 bridgehead atoms. The molecule has 8 heteroatoms. The zero-order valence-electron chi connectivity index (χ0n) is 8.75. The summed E-state index contributed by atoms with van der Waals surface area (Å²) in [6, 6.07) is 0. The van der Waals surface area contributed by atoms with Gasteiger partial charge in [0, 0.05) is 19.6 Å². The fraction of sp³-hybridized carbons (Fsp3) is 1.00. The molecule has 0 saturated heterocycles. The van der Waals surface area contributed by atoms with Crippen molar-refractivity contribution in [1.29, 1.82) is 0 Å². The van der Waals surface area contributed by atoms with Gasteiger partial charge in [-0.05, 0) is 7.05 Å². The number of rotatable bonds is 6. The van der Waals surface area contributed by atoms with E-state index in [4.69, 9.17) is 0 Å². The highest BCUT2D eigenvalue weighted by Crippen LogP contribution is 2.19. The molecule has 0 spiro atoms. The molecule has 98 valence electrons. The second-order valence-corrected chi connectivity index (χ2v) is 3.46. The molecular formula is C8H14F6N2. The fourth-order valence-electron chi connectivity index (χ4n) is 0.929. The number of hydrogen-bond donors (Lipinski definition) is 1. The predicted octanol–water partition coefficient (Wildman–Crippen LogP) is 2.02. The zero-order valence-corrected chi connectivity index (χ0v) is 8.75. The highest BCUT2D eigenvalue weighted by Gasteiger charge is 2.27. The van der Waals surface area contributed by atoms with Crippen molar-refractivity contribution in [2.75, 3.05) is 33.2 Å². The van der Waals surface area contributed by atoms with Crippen molar-refractivity contribution in [2.45, 2.75) is 18.8 Å². The number of nitrogens with zero attached hydrogens (tertiary/aromatic N) is 1. The number of alkyl halides is 6. The Labute approximate surface area is 89.6 Å². The lowest BCUT2D eigenvalue weighted by atomic mass is 10.4. The first kappa shape index (κ1) is 15.5. The summed E-state index contributed by atoms with van der Waals surface area (Å²) in [6.45, 7) is -1.18. The molecule has 0 aliphatic carbocycles. The molecule has 0 aromatic heterocycles. The van der Waals surface area contributed by atoms with Gasteiger partial charge in [0.05, 0.1) is 13.0 Å². The second-order valence-electron chi connectivity index (χ2n) is 3.46. The van der Waals surface area contributed by atoms with Crippen LogP contribution in [0.3, 0.4) is 0 Å². The van der Waals surface area contributed by atoms with Crippen molar-refractivity contribution in [3.8, 4) is 0 Å². The molecular weight excluding hydrogens is 238 g/mol. The van der Waals surface area contributed by atoms with Gasteiger partial charge in [0.15, 0.2) is 0 Å². The average molecular weight is 252 g/mol. The quantitative estimate of drug-likeness (QED) is 0.574. The van der Waals surface area contributed by atoms with Crippen LogP contribution < -0.4 is 5.32 Å². The van der Waals surface area contributed by atoms with E-state index in [0.29, 0.717) is 0 Å². The van der Waals surface area contributed by atoms with Crippen LogP contribution in [0.15, 0.2) is 0 Å². The summed E-state index contributed by atoms with van der Waals surface area (Å²) in [7, 11) is 1.43. The summed E-state index contributed by atoms with van der Waals surface area (Å²) in [6.07, 6.45) is -9.47. The van der Waals surface area contributed by atoms with Gasteiger partial charge in [0.25, 0.3) is 0 Å². The standard InChI is InChI=1S/C8H14F6N2/c1-16(4-2-7(9,10)11)5-3-15-6-8(12,13)14/h15H,2-6H2,1H3. The van der Waals surface area contributed by atoms with E-state index in [9.17, 15) is 26.3 Å². The van der Waals surface area contributed by atoms with Gasteiger partial charge in [-0.2, -0.15) is 26.3 Å². The molecule has 0 saturated carbocycles. The first-order valence-electron chi connectivity index (χ1n) is 4.63. The summed E-state index contributed by atoms with van der Waals surface area (Å²) < 4.78 is 70.3. The van der Waals surface area contributed by atoms with Crippen LogP contribution in [0.25, 0.3) is 0 Å². The third-order valence-corrected chi connectivity index (χ3v) is 1.77. The molecule has 0 aromatic carbocycles. The Morgan fingerprint density at radius 3 is 1.94 bits per heavy atom. The van der Waals surface area contributed by atoms with E-state index in [-0.39, 0.29) is 19.6 Å². The summed E-state index contributed by atoms with van der Waals surface area (Å²) in [5.74, 6) is 0. The van der Waals surface area contributed by atoms with E-state index >= 15 is 0 Å². The second kappa shape index (κ2) is 6.29. The van der Waals surface area contributed by atoms with E-state index < -0.39 is 25.3 Å². The highest BCUT2D eigenvalue weighted by atomic mass is 19.4. The van der Waals surface area contributed by atoms with Crippen LogP contribution in [0.1, 0.15) is 6.42 Å². The van der Waals surface area contributed by atoms with Gasteiger partial charge in [0.1, 0.15) is 0 Å². The van der Waals surface area contributed by atoms with Crippen LogP contribution in [0, 0.1) is 0 Å².